The van der Waals surface area contributed by atoms with E-state index in [0.29, 0.717) is 36.2 Å². The van der Waals surface area contributed by atoms with Crippen LogP contribution in [0.3, 0.4) is 0 Å². The van der Waals surface area contributed by atoms with E-state index in [1.165, 1.54) is 6.92 Å². The second-order valence-electron chi connectivity index (χ2n) is 9.35. The molecule has 5 aromatic rings. The Balaban J connectivity index is 1.34. The third-order valence-electron chi connectivity index (χ3n) is 6.90. The number of benzene rings is 4. The zero-order chi connectivity index (χ0) is 27.5. The number of anilines is 2. The number of amides is 1. The first kappa shape index (κ1) is 26.4. The fraction of sp³-hybridized carbons (Fsp3) is 0.200. The molecule has 4 aromatic carbocycles. The van der Waals surface area contributed by atoms with Crippen LogP contribution in [0.15, 0.2) is 89.3 Å². The number of carboxylic acid groups (broad SMARTS) is 1. The highest BCUT2D eigenvalue weighted by atomic mass is 32.2. The largest absolute Gasteiger partial charge is 0.480 e. The quantitative estimate of drug-likeness (QED) is 0.156. The summed E-state index contributed by atoms with van der Waals surface area (Å²) < 4.78 is 29.4. The van der Waals surface area contributed by atoms with Gasteiger partial charge in [0.1, 0.15) is 17.2 Å². The normalized spacial score (nSPS) is 13.0. The summed E-state index contributed by atoms with van der Waals surface area (Å²) in [4.78, 5) is 26.5. The summed E-state index contributed by atoms with van der Waals surface area (Å²) in [6, 6.07) is 24.8. The Morgan fingerprint density at radius 1 is 0.872 bits per heavy atom. The van der Waals surface area contributed by atoms with Crippen LogP contribution in [0.1, 0.15) is 26.2 Å². The van der Waals surface area contributed by atoms with Crippen molar-refractivity contribution in [3.8, 4) is 0 Å². The topological polar surface area (TPSA) is 111 Å². The van der Waals surface area contributed by atoms with Gasteiger partial charge in [-0.15, -0.1) is 0 Å². The fourth-order valence-electron chi connectivity index (χ4n) is 5.07. The molecule has 8 nitrogen and oxygen atoms in total. The average Bonchev–Trinajstić information content (AvgIpc) is 3.29. The monoisotopic (exact) mass is 544 g/mol. The van der Waals surface area contributed by atoms with Crippen molar-refractivity contribution in [3.63, 3.8) is 0 Å². The molecule has 0 aliphatic carbocycles. The molecule has 5 rings (SSSR count). The highest BCUT2D eigenvalue weighted by Gasteiger charge is 2.30. The van der Waals surface area contributed by atoms with Crippen LogP contribution >= 0.6 is 0 Å². The van der Waals surface area contributed by atoms with Crippen LogP contribution in [-0.2, 0) is 20.9 Å². The molecule has 1 aromatic heterocycles. The number of furan rings is 1. The zero-order valence-electron chi connectivity index (χ0n) is 21.3. The number of rotatable bonds is 10. The van der Waals surface area contributed by atoms with E-state index >= 15 is 0 Å². The molecule has 9 heteroatoms. The Kier molecular flexibility index (Phi) is 7.63. The van der Waals surface area contributed by atoms with Crippen LogP contribution < -0.4 is 9.21 Å². The number of hydrogen-bond acceptors (Lipinski definition) is 4. The zero-order valence-corrected chi connectivity index (χ0v) is 22.1. The average molecular weight is 545 g/mol. The maximum atomic E-state index is 12.5. The molecular weight excluding hydrogens is 516 g/mol. The molecule has 2 N–H and O–H groups in total. The van der Waals surface area contributed by atoms with Gasteiger partial charge in [-0.2, -0.15) is 0 Å². The van der Waals surface area contributed by atoms with E-state index in [1.54, 1.807) is 23.1 Å². The first-order chi connectivity index (χ1) is 18.8. The summed E-state index contributed by atoms with van der Waals surface area (Å²) in [5.41, 5.74) is 2.39. The number of carbonyl (C=O) groups excluding carboxylic acids is 1. The lowest BCUT2D eigenvalue weighted by Gasteiger charge is -2.27. The minimum absolute atomic E-state index is 0.111. The first-order valence-corrected chi connectivity index (χ1v) is 13.7. The van der Waals surface area contributed by atoms with E-state index < -0.39 is 23.3 Å². The van der Waals surface area contributed by atoms with Crippen LogP contribution in [0.2, 0.25) is 0 Å². The Morgan fingerprint density at radius 3 is 2.31 bits per heavy atom. The number of fused-ring (bicyclic) bond motifs is 4. The van der Waals surface area contributed by atoms with Crippen molar-refractivity contribution < 1.29 is 27.9 Å². The van der Waals surface area contributed by atoms with Crippen molar-refractivity contribution in [2.45, 2.75) is 32.2 Å². The number of carbonyl (C=O) groups is 2. The van der Waals surface area contributed by atoms with Gasteiger partial charge in [-0.1, -0.05) is 54.6 Å². The Hall–Kier alpha value is -4.21. The third-order valence-corrected chi connectivity index (χ3v) is 7.70. The van der Waals surface area contributed by atoms with E-state index in [2.05, 4.69) is 0 Å². The van der Waals surface area contributed by atoms with Gasteiger partial charge >= 0.3 is 5.97 Å². The van der Waals surface area contributed by atoms with E-state index in [-0.39, 0.29) is 12.3 Å². The summed E-state index contributed by atoms with van der Waals surface area (Å²) in [7, 11) is 0. The van der Waals surface area contributed by atoms with Gasteiger partial charge in [-0.25, -0.2) is 9.00 Å². The molecule has 2 unspecified atom stereocenters. The van der Waals surface area contributed by atoms with Gasteiger partial charge in [-0.3, -0.25) is 13.7 Å². The number of nitrogens with zero attached hydrogens (tertiary/aromatic N) is 2. The van der Waals surface area contributed by atoms with Crippen LogP contribution in [0, 0.1) is 0 Å². The summed E-state index contributed by atoms with van der Waals surface area (Å²) >= 11 is -2.58. The summed E-state index contributed by atoms with van der Waals surface area (Å²) in [5, 5.41) is 13.6. The molecule has 0 bridgehead atoms. The van der Waals surface area contributed by atoms with Gasteiger partial charge in [0, 0.05) is 29.6 Å². The molecule has 200 valence electrons. The standard InChI is InChI=1S/C30H28N2O6S/c1-20(33)31(26-14-8-10-21-9-2-3-11-23(21)26)18-7-6-13-27(30(34)35)32(39(36)37)22-16-17-29-25(19-22)24-12-4-5-15-28(24)38-29/h2-5,8-12,14-17,19,27H,6-7,13,18H2,1H3,(H,34,35)(H,36,37). The van der Waals surface area contributed by atoms with E-state index in [0.717, 1.165) is 31.5 Å². The van der Waals surface area contributed by atoms with Crippen molar-refractivity contribution in [2.24, 2.45) is 0 Å². The minimum atomic E-state index is -2.58. The molecule has 0 radical (unpaired) electrons. The van der Waals surface area contributed by atoms with Gasteiger partial charge in [0.05, 0.1) is 11.4 Å². The first-order valence-electron chi connectivity index (χ1n) is 12.7. The van der Waals surface area contributed by atoms with E-state index in [9.17, 15) is 23.5 Å². The number of aliphatic carboxylic acids is 1. The Bertz CT molecular complexity index is 1690. The van der Waals surface area contributed by atoms with Crippen LogP contribution in [-0.4, -0.2) is 38.3 Å². The lowest BCUT2D eigenvalue weighted by atomic mass is 10.1. The highest BCUT2D eigenvalue weighted by Crippen LogP contribution is 2.33. The number of unbranched alkanes of at least 4 members (excludes halogenated alkanes) is 1. The molecule has 1 heterocycles. The van der Waals surface area contributed by atoms with Crippen LogP contribution in [0.4, 0.5) is 11.4 Å². The SMILES string of the molecule is CC(=O)N(CCCCC(C(=O)O)N(c1ccc2oc3ccccc3c2c1)S(=O)O)c1cccc2ccccc12. The molecule has 0 aliphatic heterocycles. The van der Waals surface area contributed by atoms with Crippen LogP contribution in [0.5, 0.6) is 0 Å². The molecule has 0 saturated carbocycles. The van der Waals surface area contributed by atoms with Gasteiger partial charge < -0.3 is 14.4 Å². The molecule has 2 atom stereocenters. The lowest BCUT2D eigenvalue weighted by Crippen LogP contribution is -2.42. The van der Waals surface area contributed by atoms with Crippen LogP contribution in [0.25, 0.3) is 32.7 Å². The minimum Gasteiger partial charge on any atom is -0.480 e. The maximum absolute atomic E-state index is 12.5. The fourth-order valence-corrected chi connectivity index (χ4v) is 5.78. The predicted molar refractivity (Wildman–Crippen MR) is 154 cm³/mol. The highest BCUT2D eigenvalue weighted by molar-refractivity contribution is 7.80. The molecular formula is C30H28N2O6S. The van der Waals surface area contributed by atoms with Gasteiger partial charge in [0.2, 0.25) is 5.91 Å². The van der Waals surface area contributed by atoms with Gasteiger partial charge in [0.25, 0.3) is 11.3 Å². The molecule has 39 heavy (non-hydrogen) atoms. The van der Waals surface area contributed by atoms with Crippen molar-refractivity contribution in [1.29, 1.82) is 0 Å². The van der Waals surface area contributed by atoms with Crippen molar-refractivity contribution in [3.05, 3.63) is 84.9 Å². The molecule has 0 fully saturated rings. The summed E-state index contributed by atoms with van der Waals surface area (Å²) in [6.07, 6.45) is 1.06. The summed E-state index contributed by atoms with van der Waals surface area (Å²) in [5.74, 6) is -1.31. The third kappa shape index (κ3) is 5.36. The van der Waals surface area contributed by atoms with Gasteiger partial charge in [-0.05, 0) is 55.0 Å². The van der Waals surface area contributed by atoms with Crippen molar-refractivity contribution in [2.75, 3.05) is 15.7 Å². The van der Waals surface area contributed by atoms with Crippen molar-refractivity contribution >= 4 is 67.2 Å². The smallest absolute Gasteiger partial charge is 0.327 e. The predicted octanol–water partition coefficient (Wildman–Crippen LogP) is 6.36. The molecule has 1 amide bonds. The number of carboxylic acids is 1. The molecule has 0 aliphatic rings. The summed E-state index contributed by atoms with van der Waals surface area (Å²) in [6.45, 7) is 1.90. The second-order valence-corrected chi connectivity index (χ2v) is 10.2. The van der Waals surface area contributed by atoms with Crippen molar-refractivity contribution in [1.82, 2.24) is 0 Å². The number of para-hydroxylation sites is 1. The van der Waals surface area contributed by atoms with E-state index in [1.807, 2.05) is 66.7 Å². The van der Waals surface area contributed by atoms with E-state index in [4.69, 9.17) is 4.42 Å². The molecule has 0 spiro atoms. The second kappa shape index (κ2) is 11.3. The number of hydrogen-bond donors (Lipinski definition) is 2. The molecule has 0 saturated heterocycles. The lowest BCUT2D eigenvalue weighted by molar-refractivity contribution is -0.138. The van der Waals surface area contributed by atoms with Gasteiger partial charge in [0.15, 0.2) is 0 Å². The Morgan fingerprint density at radius 2 is 1.56 bits per heavy atom. The maximum Gasteiger partial charge on any atom is 0.327 e. The Labute approximate surface area is 227 Å².